The van der Waals surface area contributed by atoms with E-state index in [1.165, 1.54) is 23.0 Å². The molecule has 3 heterocycles. The maximum atomic E-state index is 13.5. The normalized spacial score (nSPS) is 12.2. The Hall–Kier alpha value is -5.19. The molecule has 0 spiro atoms. The average molecular weight is 497 g/mol. The van der Waals surface area contributed by atoms with Crippen LogP contribution in [0.15, 0.2) is 71.8 Å². The van der Waals surface area contributed by atoms with Crippen LogP contribution in [0.4, 0.5) is 0 Å². The van der Waals surface area contributed by atoms with Gasteiger partial charge in [-0.15, -0.1) is 10.2 Å². The highest BCUT2D eigenvalue weighted by molar-refractivity contribution is 5.98. The number of hydrogen-bond donors (Lipinski definition) is 2. The van der Waals surface area contributed by atoms with Crippen LogP contribution >= 0.6 is 0 Å². The summed E-state index contributed by atoms with van der Waals surface area (Å²) in [6.07, 6.45) is 1.50. The van der Waals surface area contributed by atoms with Gasteiger partial charge in [-0.05, 0) is 53.6 Å². The Balaban J connectivity index is 1.31. The largest absolute Gasteiger partial charge is 0.478 e. The smallest absolute Gasteiger partial charge is 0.335 e. The van der Waals surface area contributed by atoms with E-state index >= 15 is 0 Å². The fraction of sp³-hybridized carbons (Fsp3) is 0.115. The van der Waals surface area contributed by atoms with Crippen molar-refractivity contribution in [2.75, 3.05) is 6.79 Å². The zero-order valence-corrected chi connectivity index (χ0v) is 19.2. The first-order chi connectivity index (χ1) is 18.0. The molecule has 0 aliphatic carbocycles. The molecule has 1 amide bonds. The molecule has 6 rings (SSSR count). The van der Waals surface area contributed by atoms with Crippen LogP contribution in [-0.2, 0) is 13.1 Å². The first kappa shape index (κ1) is 22.3. The summed E-state index contributed by atoms with van der Waals surface area (Å²) in [4.78, 5) is 37.6. The van der Waals surface area contributed by atoms with E-state index in [0.29, 0.717) is 39.3 Å². The third kappa shape index (κ3) is 4.01. The first-order valence-electron chi connectivity index (χ1n) is 11.3. The van der Waals surface area contributed by atoms with Gasteiger partial charge in [0.1, 0.15) is 6.33 Å². The Morgan fingerprint density at radius 1 is 0.946 bits per heavy atom. The van der Waals surface area contributed by atoms with Crippen molar-refractivity contribution in [3.63, 3.8) is 0 Å². The van der Waals surface area contributed by atoms with Crippen molar-refractivity contribution in [3.05, 3.63) is 99.6 Å². The van der Waals surface area contributed by atoms with Crippen molar-refractivity contribution in [2.24, 2.45) is 0 Å². The molecular formula is C26H19N5O6. The number of ether oxygens (including phenoxy) is 2. The minimum Gasteiger partial charge on any atom is -0.478 e. The molecule has 11 heteroatoms. The van der Waals surface area contributed by atoms with E-state index in [1.54, 1.807) is 40.8 Å². The predicted octanol–water partition coefficient (Wildman–Crippen LogP) is 2.45. The van der Waals surface area contributed by atoms with Gasteiger partial charge in [0, 0.05) is 12.1 Å². The molecule has 1 aliphatic rings. The number of amides is 1. The maximum absolute atomic E-state index is 13.5. The van der Waals surface area contributed by atoms with Crippen LogP contribution in [-0.4, -0.2) is 42.9 Å². The fourth-order valence-corrected chi connectivity index (χ4v) is 4.29. The molecule has 2 aromatic heterocycles. The minimum absolute atomic E-state index is 0.150. The quantitative estimate of drug-likeness (QED) is 0.365. The van der Waals surface area contributed by atoms with Crippen LogP contribution in [0.2, 0.25) is 0 Å². The van der Waals surface area contributed by atoms with Gasteiger partial charge in [0.2, 0.25) is 12.6 Å². The lowest BCUT2D eigenvalue weighted by molar-refractivity contribution is 0.0696. The molecule has 0 saturated carbocycles. The lowest BCUT2D eigenvalue weighted by atomic mass is 10.1. The summed E-state index contributed by atoms with van der Waals surface area (Å²) < 4.78 is 13.8. The van der Waals surface area contributed by atoms with Gasteiger partial charge < -0.3 is 19.9 Å². The summed E-state index contributed by atoms with van der Waals surface area (Å²) in [5.41, 5.74) is 2.27. The molecule has 11 nitrogen and oxygen atoms in total. The second-order valence-corrected chi connectivity index (χ2v) is 8.50. The van der Waals surface area contributed by atoms with Gasteiger partial charge in [-0.25, -0.2) is 4.79 Å². The van der Waals surface area contributed by atoms with Crippen molar-refractivity contribution in [2.45, 2.75) is 13.1 Å². The van der Waals surface area contributed by atoms with Crippen molar-refractivity contribution < 1.29 is 24.2 Å². The van der Waals surface area contributed by atoms with Crippen molar-refractivity contribution in [3.8, 4) is 11.5 Å². The SMILES string of the molecule is O=C(O)c1ccc(Cn2c(=O)c3cc(C(=O)NCc4ccc5c(c4)OCO5)ccc3n3cnnc23)cc1. The molecule has 37 heavy (non-hydrogen) atoms. The molecule has 184 valence electrons. The molecule has 0 fully saturated rings. The highest BCUT2D eigenvalue weighted by Gasteiger charge is 2.17. The number of hydrogen-bond acceptors (Lipinski definition) is 7. The Morgan fingerprint density at radius 3 is 2.51 bits per heavy atom. The molecule has 0 saturated heterocycles. The number of carbonyl (C=O) groups is 2. The molecule has 2 N–H and O–H groups in total. The van der Waals surface area contributed by atoms with Crippen molar-refractivity contribution >= 4 is 28.6 Å². The molecular weight excluding hydrogens is 478 g/mol. The average Bonchev–Trinajstić information content (AvgIpc) is 3.59. The van der Waals surface area contributed by atoms with E-state index in [9.17, 15) is 14.4 Å². The number of rotatable bonds is 6. The number of fused-ring (bicyclic) bond motifs is 4. The molecule has 5 aromatic rings. The van der Waals surface area contributed by atoms with E-state index in [4.69, 9.17) is 14.6 Å². The minimum atomic E-state index is -1.03. The summed E-state index contributed by atoms with van der Waals surface area (Å²) in [5.74, 6) is 0.268. The molecule has 0 atom stereocenters. The van der Waals surface area contributed by atoms with Gasteiger partial charge in [0.15, 0.2) is 11.5 Å². The summed E-state index contributed by atoms with van der Waals surface area (Å²) in [7, 11) is 0. The summed E-state index contributed by atoms with van der Waals surface area (Å²) >= 11 is 0. The summed E-state index contributed by atoms with van der Waals surface area (Å²) in [6, 6.07) is 16.6. The van der Waals surface area contributed by atoms with Gasteiger partial charge >= 0.3 is 5.97 Å². The van der Waals surface area contributed by atoms with Gasteiger partial charge in [0.05, 0.1) is 23.0 Å². The number of carboxylic acid groups (broad SMARTS) is 1. The number of aromatic nitrogens is 4. The number of carboxylic acids is 1. The maximum Gasteiger partial charge on any atom is 0.335 e. The molecule has 0 unspecified atom stereocenters. The van der Waals surface area contributed by atoms with Gasteiger partial charge in [-0.1, -0.05) is 18.2 Å². The number of aromatic carboxylic acids is 1. The van der Waals surface area contributed by atoms with Crippen LogP contribution in [0.3, 0.4) is 0 Å². The Morgan fingerprint density at radius 2 is 1.70 bits per heavy atom. The predicted molar refractivity (Wildman–Crippen MR) is 131 cm³/mol. The lowest BCUT2D eigenvalue weighted by Crippen LogP contribution is -2.25. The Kier molecular flexibility index (Phi) is 5.29. The topological polar surface area (TPSA) is 137 Å². The van der Waals surface area contributed by atoms with Crippen LogP contribution in [0, 0.1) is 0 Å². The molecule has 3 aromatic carbocycles. The molecule has 1 aliphatic heterocycles. The molecule has 0 bridgehead atoms. The zero-order valence-electron chi connectivity index (χ0n) is 19.2. The monoisotopic (exact) mass is 497 g/mol. The second-order valence-electron chi connectivity index (χ2n) is 8.50. The van der Waals surface area contributed by atoms with Gasteiger partial charge in [-0.2, -0.15) is 0 Å². The first-order valence-corrected chi connectivity index (χ1v) is 11.3. The van der Waals surface area contributed by atoms with Gasteiger partial charge in [-0.3, -0.25) is 18.6 Å². The Bertz CT molecular complexity index is 1760. The van der Waals surface area contributed by atoms with E-state index in [2.05, 4.69) is 15.5 Å². The van der Waals surface area contributed by atoms with Crippen LogP contribution in [0.5, 0.6) is 11.5 Å². The van der Waals surface area contributed by atoms with Crippen LogP contribution in [0.1, 0.15) is 31.8 Å². The highest BCUT2D eigenvalue weighted by atomic mass is 16.7. The van der Waals surface area contributed by atoms with Crippen LogP contribution in [0.25, 0.3) is 16.7 Å². The zero-order chi connectivity index (χ0) is 25.5. The van der Waals surface area contributed by atoms with E-state index in [0.717, 1.165) is 5.56 Å². The van der Waals surface area contributed by atoms with E-state index < -0.39 is 5.97 Å². The second kappa shape index (κ2) is 8.79. The third-order valence-electron chi connectivity index (χ3n) is 6.20. The fourth-order valence-electron chi connectivity index (χ4n) is 4.29. The summed E-state index contributed by atoms with van der Waals surface area (Å²) in [5, 5.41) is 20.4. The standard InChI is InChI=1S/C26H19N5O6/c32-23(27-11-16-3-8-21-22(9-16)37-14-36-21)18-6-7-20-19(10-18)24(33)30(26-29-28-13-31(20)26)12-15-1-4-17(5-2-15)25(34)35/h1-10,13H,11-12,14H2,(H,27,32)(H,34,35). The van der Waals surface area contributed by atoms with Gasteiger partial charge in [0.25, 0.3) is 11.5 Å². The number of nitrogens with one attached hydrogen (secondary N) is 1. The highest BCUT2D eigenvalue weighted by Crippen LogP contribution is 2.32. The van der Waals surface area contributed by atoms with Crippen molar-refractivity contribution in [1.29, 1.82) is 0 Å². The lowest BCUT2D eigenvalue weighted by Gasteiger charge is -2.12. The van der Waals surface area contributed by atoms with E-state index in [1.807, 2.05) is 12.1 Å². The van der Waals surface area contributed by atoms with Crippen molar-refractivity contribution in [1.82, 2.24) is 24.5 Å². The van der Waals surface area contributed by atoms with E-state index in [-0.39, 0.29) is 36.9 Å². The third-order valence-corrected chi connectivity index (χ3v) is 6.20. The molecule has 0 radical (unpaired) electrons. The number of carbonyl (C=O) groups excluding carboxylic acids is 1. The van der Waals surface area contributed by atoms with Crippen LogP contribution < -0.4 is 20.3 Å². The summed E-state index contributed by atoms with van der Waals surface area (Å²) in [6.45, 7) is 0.596. The number of nitrogens with zero attached hydrogens (tertiary/aromatic N) is 4. The Labute approximate surface area is 208 Å². The number of benzene rings is 3.